The first-order chi connectivity index (χ1) is 10.1. The number of anilines is 1. The number of carbonyl (C=O) groups excluding carboxylic acids is 1. The average Bonchev–Trinajstić information content (AvgIpc) is 2.46. The SMILES string of the molecule is O=C(O)C=Cc1cccc(NC(=O)c2ccccc2Cl)n1. The number of hydrogen-bond donors (Lipinski definition) is 2. The lowest BCUT2D eigenvalue weighted by molar-refractivity contribution is -0.131. The second-order valence-electron chi connectivity index (χ2n) is 4.05. The molecule has 2 N–H and O–H groups in total. The van der Waals surface area contributed by atoms with Crippen LogP contribution >= 0.6 is 11.6 Å². The number of amides is 1. The molecule has 0 atom stereocenters. The largest absolute Gasteiger partial charge is 0.478 e. The maximum absolute atomic E-state index is 12.1. The highest BCUT2D eigenvalue weighted by atomic mass is 35.5. The molecule has 1 aromatic carbocycles. The molecule has 0 unspecified atom stereocenters. The van der Waals surface area contributed by atoms with Gasteiger partial charge in [-0.1, -0.05) is 29.8 Å². The average molecular weight is 303 g/mol. The highest BCUT2D eigenvalue weighted by Gasteiger charge is 2.10. The number of aliphatic carboxylic acids is 1. The number of nitrogens with zero attached hydrogens (tertiary/aromatic N) is 1. The van der Waals surface area contributed by atoms with E-state index >= 15 is 0 Å². The molecule has 2 aromatic rings. The Morgan fingerprint density at radius 3 is 2.62 bits per heavy atom. The van der Waals surface area contributed by atoms with Crippen molar-refractivity contribution in [2.75, 3.05) is 5.32 Å². The van der Waals surface area contributed by atoms with Crippen LogP contribution in [0, 0.1) is 0 Å². The summed E-state index contributed by atoms with van der Waals surface area (Å²) in [4.78, 5) is 26.6. The zero-order valence-electron chi connectivity index (χ0n) is 10.8. The van der Waals surface area contributed by atoms with Gasteiger partial charge < -0.3 is 10.4 Å². The number of rotatable bonds is 4. The summed E-state index contributed by atoms with van der Waals surface area (Å²) in [6.45, 7) is 0. The Labute approximate surface area is 125 Å². The number of aromatic nitrogens is 1. The molecule has 0 saturated carbocycles. The summed E-state index contributed by atoms with van der Waals surface area (Å²) >= 11 is 5.94. The van der Waals surface area contributed by atoms with Crippen molar-refractivity contribution in [1.82, 2.24) is 4.98 Å². The summed E-state index contributed by atoms with van der Waals surface area (Å²) < 4.78 is 0. The predicted molar refractivity (Wildman–Crippen MR) is 80.3 cm³/mol. The first-order valence-corrected chi connectivity index (χ1v) is 6.38. The minimum atomic E-state index is -1.07. The molecule has 6 heteroatoms. The van der Waals surface area contributed by atoms with Gasteiger partial charge in [0.1, 0.15) is 5.82 Å². The van der Waals surface area contributed by atoms with Gasteiger partial charge in [0.25, 0.3) is 5.91 Å². The third-order valence-corrected chi connectivity index (χ3v) is 2.86. The van der Waals surface area contributed by atoms with Crippen molar-refractivity contribution in [2.24, 2.45) is 0 Å². The topological polar surface area (TPSA) is 79.3 Å². The van der Waals surface area contributed by atoms with Gasteiger partial charge in [-0.2, -0.15) is 0 Å². The molecule has 0 saturated heterocycles. The first kappa shape index (κ1) is 14.7. The van der Waals surface area contributed by atoms with Crippen LogP contribution in [0.5, 0.6) is 0 Å². The lowest BCUT2D eigenvalue weighted by Gasteiger charge is -2.06. The molecule has 0 spiro atoms. The fraction of sp³-hybridized carbons (Fsp3) is 0. The molecule has 1 heterocycles. The minimum Gasteiger partial charge on any atom is -0.478 e. The van der Waals surface area contributed by atoms with E-state index in [1.807, 2.05) is 0 Å². The van der Waals surface area contributed by atoms with Gasteiger partial charge in [-0.05, 0) is 30.3 Å². The van der Waals surface area contributed by atoms with E-state index in [0.29, 0.717) is 22.1 Å². The Morgan fingerprint density at radius 1 is 1.14 bits per heavy atom. The predicted octanol–water partition coefficient (Wildman–Crippen LogP) is 3.09. The number of hydrogen-bond acceptors (Lipinski definition) is 3. The number of carbonyl (C=O) groups is 2. The molecule has 0 aliphatic heterocycles. The van der Waals surface area contributed by atoms with E-state index in [9.17, 15) is 9.59 Å². The van der Waals surface area contributed by atoms with Crippen LogP contribution in [0.25, 0.3) is 6.08 Å². The third-order valence-electron chi connectivity index (χ3n) is 2.53. The fourth-order valence-corrected chi connectivity index (χ4v) is 1.82. The molecule has 2 rings (SSSR count). The molecule has 0 aliphatic carbocycles. The molecule has 21 heavy (non-hydrogen) atoms. The van der Waals surface area contributed by atoms with Crippen molar-refractivity contribution in [1.29, 1.82) is 0 Å². The van der Waals surface area contributed by atoms with Crippen molar-refractivity contribution in [3.63, 3.8) is 0 Å². The number of pyridine rings is 1. The summed E-state index contributed by atoms with van der Waals surface area (Å²) in [5.74, 6) is -1.14. The molecule has 1 amide bonds. The molecule has 5 nitrogen and oxygen atoms in total. The number of nitrogens with one attached hydrogen (secondary N) is 1. The Bertz CT molecular complexity index is 714. The Hall–Kier alpha value is -2.66. The quantitative estimate of drug-likeness (QED) is 0.851. The highest BCUT2D eigenvalue weighted by molar-refractivity contribution is 6.34. The third kappa shape index (κ3) is 4.15. The normalized spacial score (nSPS) is 10.5. The van der Waals surface area contributed by atoms with E-state index in [2.05, 4.69) is 10.3 Å². The van der Waals surface area contributed by atoms with E-state index in [1.54, 1.807) is 42.5 Å². The number of halogens is 1. The minimum absolute atomic E-state index is 0.312. The Balaban J connectivity index is 2.17. The molecule has 0 radical (unpaired) electrons. The smallest absolute Gasteiger partial charge is 0.328 e. The summed E-state index contributed by atoms with van der Waals surface area (Å²) in [6.07, 6.45) is 2.31. The molecular formula is C15H11ClN2O3. The van der Waals surface area contributed by atoms with E-state index < -0.39 is 5.97 Å². The van der Waals surface area contributed by atoms with E-state index in [0.717, 1.165) is 6.08 Å². The molecule has 0 aliphatic rings. The van der Waals surface area contributed by atoms with Crippen molar-refractivity contribution in [2.45, 2.75) is 0 Å². The zero-order valence-corrected chi connectivity index (χ0v) is 11.5. The standard InChI is InChI=1S/C15H11ClN2O3/c16-12-6-2-1-5-11(12)15(21)18-13-7-3-4-10(17-13)8-9-14(19)20/h1-9H,(H,19,20)(H,17,18,21). The zero-order chi connectivity index (χ0) is 15.2. The van der Waals surface area contributed by atoms with Gasteiger partial charge in [0.15, 0.2) is 0 Å². The van der Waals surface area contributed by atoms with Crippen LogP contribution in [-0.4, -0.2) is 22.0 Å². The lowest BCUT2D eigenvalue weighted by Crippen LogP contribution is -2.13. The van der Waals surface area contributed by atoms with Crippen LogP contribution in [0.3, 0.4) is 0 Å². The van der Waals surface area contributed by atoms with Gasteiger partial charge in [0, 0.05) is 6.08 Å². The van der Waals surface area contributed by atoms with Crippen molar-refractivity contribution in [3.05, 3.63) is 64.8 Å². The molecular weight excluding hydrogens is 292 g/mol. The van der Waals surface area contributed by atoms with Gasteiger partial charge in [0.05, 0.1) is 16.3 Å². The number of benzene rings is 1. The van der Waals surface area contributed by atoms with Gasteiger partial charge in [0.2, 0.25) is 0 Å². The molecule has 106 valence electrons. The summed E-state index contributed by atoms with van der Waals surface area (Å²) in [5.41, 5.74) is 0.766. The highest BCUT2D eigenvalue weighted by Crippen LogP contribution is 2.16. The second-order valence-corrected chi connectivity index (χ2v) is 4.46. The fourth-order valence-electron chi connectivity index (χ4n) is 1.60. The van der Waals surface area contributed by atoms with Gasteiger partial charge >= 0.3 is 5.97 Å². The van der Waals surface area contributed by atoms with Crippen LogP contribution in [0.4, 0.5) is 5.82 Å². The Morgan fingerprint density at radius 2 is 1.90 bits per heavy atom. The van der Waals surface area contributed by atoms with Crippen LogP contribution in [-0.2, 0) is 4.79 Å². The van der Waals surface area contributed by atoms with Crippen LogP contribution < -0.4 is 5.32 Å². The lowest BCUT2D eigenvalue weighted by atomic mass is 10.2. The molecule has 1 aromatic heterocycles. The number of carboxylic acids is 1. The van der Waals surface area contributed by atoms with Crippen LogP contribution in [0.2, 0.25) is 5.02 Å². The maximum atomic E-state index is 12.1. The second kappa shape index (κ2) is 6.67. The first-order valence-electron chi connectivity index (χ1n) is 6.00. The Kier molecular flexibility index (Phi) is 4.68. The summed E-state index contributed by atoms with van der Waals surface area (Å²) in [6, 6.07) is 11.6. The van der Waals surface area contributed by atoms with Gasteiger partial charge in [-0.3, -0.25) is 4.79 Å². The summed E-state index contributed by atoms with van der Waals surface area (Å²) in [5, 5.41) is 11.5. The van der Waals surface area contributed by atoms with E-state index in [4.69, 9.17) is 16.7 Å². The number of carboxylic acid groups (broad SMARTS) is 1. The molecule has 0 bridgehead atoms. The maximum Gasteiger partial charge on any atom is 0.328 e. The van der Waals surface area contributed by atoms with Crippen molar-refractivity contribution >= 4 is 35.4 Å². The van der Waals surface area contributed by atoms with Crippen LogP contribution in [0.1, 0.15) is 16.1 Å². The summed E-state index contributed by atoms with van der Waals surface area (Å²) in [7, 11) is 0. The monoisotopic (exact) mass is 302 g/mol. The molecule has 0 fully saturated rings. The van der Waals surface area contributed by atoms with E-state index in [-0.39, 0.29) is 5.91 Å². The van der Waals surface area contributed by atoms with E-state index in [1.165, 1.54) is 6.08 Å². The van der Waals surface area contributed by atoms with Crippen LogP contribution in [0.15, 0.2) is 48.5 Å². The van der Waals surface area contributed by atoms with Crippen molar-refractivity contribution < 1.29 is 14.7 Å². The van der Waals surface area contributed by atoms with Gasteiger partial charge in [-0.15, -0.1) is 0 Å². The van der Waals surface area contributed by atoms with Crippen molar-refractivity contribution in [3.8, 4) is 0 Å². The van der Waals surface area contributed by atoms with Gasteiger partial charge in [-0.25, -0.2) is 9.78 Å².